The molecular weight excluding hydrogens is 226 g/mol. The van der Waals surface area contributed by atoms with Crippen LogP contribution in [0.5, 0.6) is 0 Å². The lowest BCUT2D eigenvalue weighted by Crippen LogP contribution is -2.12. The van der Waals surface area contributed by atoms with E-state index in [1.807, 2.05) is 6.07 Å². The third-order valence-corrected chi connectivity index (χ3v) is 3.35. The lowest BCUT2D eigenvalue weighted by molar-refractivity contribution is 0.563. The number of rotatable bonds is 0. The predicted octanol–water partition coefficient (Wildman–Crippen LogP) is 3.08. The molecule has 13 heavy (non-hydrogen) atoms. The van der Waals surface area contributed by atoms with Gasteiger partial charge in [0.2, 0.25) is 0 Å². The minimum atomic E-state index is 0.224. The van der Waals surface area contributed by atoms with Crippen molar-refractivity contribution in [3.63, 3.8) is 0 Å². The summed E-state index contributed by atoms with van der Waals surface area (Å²) in [7, 11) is 0. The molecule has 0 saturated heterocycles. The van der Waals surface area contributed by atoms with E-state index < -0.39 is 0 Å². The molecule has 1 nitrogen and oxygen atoms in total. The van der Waals surface area contributed by atoms with Gasteiger partial charge in [0.25, 0.3) is 0 Å². The second-order valence-corrected chi connectivity index (χ2v) is 4.30. The van der Waals surface area contributed by atoms with Gasteiger partial charge in [0.15, 0.2) is 0 Å². The Balaban J connectivity index is 2.37. The number of nitrogens with zero attached hydrogens (tertiary/aromatic N) is 1. The van der Waals surface area contributed by atoms with E-state index in [0.717, 1.165) is 19.3 Å². The van der Waals surface area contributed by atoms with Gasteiger partial charge in [-0.1, -0.05) is 28.1 Å². The molecule has 1 aliphatic carbocycles. The molecule has 0 aromatic heterocycles. The average Bonchev–Trinajstić information content (AvgIpc) is 2.18. The number of benzene rings is 1. The standard InChI is InChI=1S/C11H10BrN/c12-11-3-1-2-9-6-8(7-13)4-5-10(9)11/h1-3,8H,4-6H2. The first-order chi connectivity index (χ1) is 6.31. The molecular formula is C11H10BrN. The zero-order valence-corrected chi connectivity index (χ0v) is 8.84. The molecule has 0 bridgehead atoms. The van der Waals surface area contributed by atoms with Gasteiger partial charge in [0.05, 0.1) is 12.0 Å². The Labute approximate surface area is 86.5 Å². The summed E-state index contributed by atoms with van der Waals surface area (Å²) in [5.74, 6) is 0.224. The van der Waals surface area contributed by atoms with Crippen LogP contribution in [0.1, 0.15) is 17.5 Å². The van der Waals surface area contributed by atoms with Gasteiger partial charge < -0.3 is 0 Å². The van der Waals surface area contributed by atoms with Gasteiger partial charge in [0.1, 0.15) is 0 Å². The fraction of sp³-hybridized carbons (Fsp3) is 0.364. The molecule has 1 aromatic rings. The van der Waals surface area contributed by atoms with Crippen molar-refractivity contribution in [3.05, 3.63) is 33.8 Å². The molecule has 0 heterocycles. The monoisotopic (exact) mass is 235 g/mol. The topological polar surface area (TPSA) is 23.8 Å². The molecule has 1 aromatic carbocycles. The van der Waals surface area contributed by atoms with Gasteiger partial charge in [-0.25, -0.2) is 0 Å². The van der Waals surface area contributed by atoms with E-state index in [2.05, 4.69) is 34.1 Å². The van der Waals surface area contributed by atoms with Crippen molar-refractivity contribution in [1.29, 1.82) is 5.26 Å². The van der Waals surface area contributed by atoms with Crippen molar-refractivity contribution >= 4 is 15.9 Å². The molecule has 2 heteroatoms. The maximum absolute atomic E-state index is 8.82. The molecule has 1 unspecified atom stereocenters. The van der Waals surface area contributed by atoms with E-state index in [1.165, 1.54) is 15.6 Å². The first kappa shape index (κ1) is 8.77. The van der Waals surface area contributed by atoms with E-state index in [-0.39, 0.29) is 5.92 Å². The van der Waals surface area contributed by atoms with Crippen molar-refractivity contribution in [3.8, 4) is 6.07 Å². The van der Waals surface area contributed by atoms with Crippen LogP contribution in [0.15, 0.2) is 22.7 Å². The summed E-state index contributed by atoms with van der Waals surface area (Å²) >= 11 is 3.54. The Hall–Kier alpha value is -0.810. The van der Waals surface area contributed by atoms with Crippen LogP contribution in [0.2, 0.25) is 0 Å². The SMILES string of the molecule is N#CC1CCc2c(Br)cccc2C1. The molecule has 2 rings (SSSR count). The lowest BCUT2D eigenvalue weighted by atomic mass is 9.85. The zero-order chi connectivity index (χ0) is 9.26. The van der Waals surface area contributed by atoms with Crippen LogP contribution >= 0.6 is 15.9 Å². The lowest BCUT2D eigenvalue weighted by Gasteiger charge is -2.20. The number of hydrogen-bond acceptors (Lipinski definition) is 1. The highest BCUT2D eigenvalue weighted by Crippen LogP contribution is 2.30. The van der Waals surface area contributed by atoms with Gasteiger partial charge in [-0.2, -0.15) is 5.26 Å². The number of fused-ring (bicyclic) bond motifs is 1. The van der Waals surface area contributed by atoms with Crippen molar-refractivity contribution in [1.82, 2.24) is 0 Å². The Morgan fingerprint density at radius 3 is 3.08 bits per heavy atom. The first-order valence-electron chi connectivity index (χ1n) is 4.47. The van der Waals surface area contributed by atoms with Crippen LogP contribution in [-0.4, -0.2) is 0 Å². The quantitative estimate of drug-likeness (QED) is 0.679. The summed E-state index contributed by atoms with van der Waals surface area (Å²) in [6, 6.07) is 8.60. The minimum Gasteiger partial charge on any atom is -0.198 e. The van der Waals surface area contributed by atoms with Gasteiger partial charge in [0, 0.05) is 4.47 Å². The summed E-state index contributed by atoms with van der Waals surface area (Å²) in [5, 5.41) is 8.82. The summed E-state index contributed by atoms with van der Waals surface area (Å²) in [5.41, 5.74) is 2.74. The van der Waals surface area contributed by atoms with E-state index in [4.69, 9.17) is 5.26 Å². The maximum atomic E-state index is 8.82. The fourth-order valence-electron chi connectivity index (χ4n) is 1.87. The summed E-state index contributed by atoms with van der Waals surface area (Å²) in [6.45, 7) is 0. The van der Waals surface area contributed by atoms with E-state index in [0.29, 0.717) is 0 Å². The molecule has 1 atom stereocenters. The molecule has 0 N–H and O–H groups in total. The molecule has 0 radical (unpaired) electrons. The van der Waals surface area contributed by atoms with Crippen LogP contribution in [0.3, 0.4) is 0 Å². The Morgan fingerprint density at radius 1 is 1.46 bits per heavy atom. The third kappa shape index (κ3) is 1.62. The van der Waals surface area contributed by atoms with Crippen molar-refractivity contribution in [2.75, 3.05) is 0 Å². The smallest absolute Gasteiger partial charge is 0.0659 e. The second kappa shape index (κ2) is 3.51. The maximum Gasteiger partial charge on any atom is 0.0659 e. The van der Waals surface area contributed by atoms with Crippen molar-refractivity contribution < 1.29 is 0 Å². The normalized spacial score (nSPS) is 20.5. The molecule has 0 saturated carbocycles. The largest absolute Gasteiger partial charge is 0.198 e. The Bertz CT molecular complexity index is 365. The van der Waals surface area contributed by atoms with Crippen LogP contribution in [-0.2, 0) is 12.8 Å². The Kier molecular flexibility index (Phi) is 2.37. The van der Waals surface area contributed by atoms with Crippen LogP contribution in [0, 0.1) is 17.2 Å². The van der Waals surface area contributed by atoms with E-state index in [1.54, 1.807) is 0 Å². The number of halogens is 1. The van der Waals surface area contributed by atoms with E-state index >= 15 is 0 Å². The molecule has 0 aliphatic heterocycles. The highest BCUT2D eigenvalue weighted by Gasteiger charge is 2.19. The molecule has 0 amide bonds. The molecule has 0 fully saturated rings. The summed E-state index contributed by atoms with van der Waals surface area (Å²) in [4.78, 5) is 0. The second-order valence-electron chi connectivity index (χ2n) is 3.45. The minimum absolute atomic E-state index is 0.224. The van der Waals surface area contributed by atoms with Crippen molar-refractivity contribution in [2.45, 2.75) is 19.3 Å². The summed E-state index contributed by atoms with van der Waals surface area (Å²) < 4.78 is 1.20. The fourth-order valence-corrected chi connectivity index (χ4v) is 2.48. The van der Waals surface area contributed by atoms with E-state index in [9.17, 15) is 0 Å². The predicted molar refractivity (Wildman–Crippen MR) is 55.3 cm³/mol. The summed E-state index contributed by atoms with van der Waals surface area (Å²) in [6.07, 6.45) is 2.96. The first-order valence-corrected chi connectivity index (χ1v) is 5.26. The zero-order valence-electron chi connectivity index (χ0n) is 7.26. The average molecular weight is 236 g/mol. The molecule has 1 aliphatic rings. The van der Waals surface area contributed by atoms with Crippen LogP contribution < -0.4 is 0 Å². The highest BCUT2D eigenvalue weighted by molar-refractivity contribution is 9.10. The number of nitriles is 1. The van der Waals surface area contributed by atoms with Gasteiger partial charge in [-0.15, -0.1) is 0 Å². The molecule has 66 valence electrons. The van der Waals surface area contributed by atoms with Gasteiger partial charge >= 0.3 is 0 Å². The van der Waals surface area contributed by atoms with Gasteiger partial charge in [-0.3, -0.25) is 0 Å². The van der Waals surface area contributed by atoms with Crippen LogP contribution in [0.4, 0.5) is 0 Å². The molecule has 0 spiro atoms. The van der Waals surface area contributed by atoms with Gasteiger partial charge in [-0.05, 0) is 36.5 Å². The third-order valence-electron chi connectivity index (χ3n) is 2.61. The Morgan fingerprint density at radius 2 is 2.31 bits per heavy atom. The van der Waals surface area contributed by atoms with Crippen molar-refractivity contribution in [2.24, 2.45) is 5.92 Å². The van der Waals surface area contributed by atoms with Crippen LogP contribution in [0.25, 0.3) is 0 Å². The number of hydrogen-bond donors (Lipinski definition) is 0. The highest BCUT2D eigenvalue weighted by atomic mass is 79.9.